The Kier molecular flexibility index (Phi) is 7.08. The lowest BCUT2D eigenvalue weighted by Gasteiger charge is -2.24. The molecule has 9 rings (SSSR count). The van der Waals surface area contributed by atoms with Crippen LogP contribution in [0.2, 0.25) is 0 Å². The maximum atomic E-state index is 2.51. The van der Waals surface area contributed by atoms with Crippen LogP contribution in [0.25, 0.3) is 72.4 Å². The summed E-state index contributed by atoms with van der Waals surface area (Å²) >= 11 is 0. The molecule has 0 aliphatic heterocycles. The Balaban J connectivity index is 1.40. The van der Waals surface area contributed by atoms with E-state index < -0.39 is 0 Å². The Morgan fingerprint density at radius 3 is 1.77 bits per heavy atom. The van der Waals surface area contributed by atoms with Crippen molar-refractivity contribution in [3.8, 4) is 33.4 Å². The number of hydrogen-bond donors (Lipinski definition) is 0. The van der Waals surface area contributed by atoms with Gasteiger partial charge in [0.15, 0.2) is 0 Å². The summed E-state index contributed by atoms with van der Waals surface area (Å²) in [7, 11) is 0. The first kappa shape index (κ1) is 28.6. The fraction of sp³-hybridized carbons (Fsp3) is 0.130. The van der Waals surface area contributed by atoms with E-state index in [0.717, 1.165) is 32.2 Å². The molecule has 0 bridgehead atoms. The minimum absolute atomic E-state index is 0.990. The molecule has 0 fully saturated rings. The predicted molar refractivity (Wildman–Crippen MR) is 205 cm³/mol. The molecule has 0 amide bonds. The van der Waals surface area contributed by atoms with Crippen molar-refractivity contribution in [2.24, 2.45) is 0 Å². The Hall–Kier alpha value is -5.60. The van der Waals surface area contributed by atoms with Crippen molar-refractivity contribution < 1.29 is 0 Å². The maximum absolute atomic E-state index is 2.51. The summed E-state index contributed by atoms with van der Waals surface area (Å²) in [4.78, 5) is 0. The molecule has 0 N–H and O–H groups in total. The molecule has 0 radical (unpaired) electrons. The molecule has 0 saturated carbocycles. The Morgan fingerprint density at radius 2 is 1.15 bits per heavy atom. The van der Waals surface area contributed by atoms with Crippen LogP contribution in [-0.2, 0) is 13.0 Å². The smallest absolute Gasteiger partial charge is 0.0488 e. The number of hydrogen-bond acceptors (Lipinski definition) is 0. The lowest BCUT2D eigenvalue weighted by molar-refractivity contribution is 0.726. The van der Waals surface area contributed by atoms with Gasteiger partial charge in [0.05, 0.1) is 0 Å². The molecule has 0 spiro atoms. The van der Waals surface area contributed by atoms with Gasteiger partial charge in [-0.05, 0) is 89.3 Å². The van der Waals surface area contributed by atoms with E-state index >= 15 is 0 Å². The van der Waals surface area contributed by atoms with E-state index in [9.17, 15) is 0 Å². The minimum atomic E-state index is 0.990. The zero-order valence-corrected chi connectivity index (χ0v) is 27.4. The third kappa shape index (κ3) is 4.63. The van der Waals surface area contributed by atoms with Gasteiger partial charge in [-0.15, -0.1) is 0 Å². The number of benzene rings is 5. The van der Waals surface area contributed by atoms with E-state index in [0.29, 0.717) is 0 Å². The highest BCUT2D eigenvalue weighted by Crippen LogP contribution is 2.51. The minimum Gasteiger partial charge on any atom is -0.344 e. The molecule has 0 unspecified atom stereocenters. The molecule has 2 aliphatic carbocycles. The molecule has 232 valence electrons. The van der Waals surface area contributed by atoms with Crippen molar-refractivity contribution >= 4 is 39.0 Å². The van der Waals surface area contributed by atoms with Crippen LogP contribution in [0.3, 0.4) is 0 Å². The van der Waals surface area contributed by atoms with E-state index in [1.807, 2.05) is 0 Å². The van der Waals surface area contributed by atoms with Crippen molar-refractivity contribution in [1.82, 2.24) is 9.13 Å². The number of nitrogens with zero attached hydrogens (tertiary/aromatic N) is 2. The van der Waals surface area contributed by atoms with Crippen LogP contribution in [0.15, 0.2) is 146 Å². The molecular formula is C46H38N2. The molecule has 2 aliphatic rings. The number of aromatic nitrogens is 2. The van der Waals surface area contributed by atoms with Crippen LogP contribution < -0.4 is 0 Å². The van der Waals surface area contributed by atoms with Gasteiger partial charge < -0.3 is 9.13 Å². The fourth-order valence-electron chi connectivity index (χ4n) is 8.24. The summed E-state index contributed by atoms with van der Waals surface area (Å²) in [6.07, 6.45) is 18.3. The number of allylic oxidation sites excluding steroid dienone is 5. The fourth-order valence-corrected chi connectivity index (χ4v) is 8.24. The SMILES string of the molecule is CCn1c2c(c3ccccc31)C=C(n1cc3c(C4=CC=CCC4)c(-c4ccccc4)c(-c4ccccc4)c(-c4ccccc4)c3c1)CC2. The molecule has 2 nitrogen and oxygen atoms in total. The van der Waals surface area contributed by atoms with Gasteiger partial charge in [-0.3, -0.25) is 0 Å². The summed E-state index contributed by atoms with van der Waals surface area (Å²) in [5.41, 5.74) is 15.9. The number of para-hydroxylation sites is 1. The third-order valence-electron chi connectivity index (χ3n) is 10.3. The average Bonchev–Trinajstić information content (AvgIpc) is 3.74. The second kappa shape index (κ2) is 11.9. The molecular weight excluding hydrogens is 581 g/mol. The van der Waals surface area contributed by atoms with Crippen LogP contribution >= 0.6 is 0 Å². The summed E-state index contributed by atoms with van der Waals surface area (Å²) in [6.45, 7) is 3.26. The third-order valence-corrected chi connectivity index (χ3v) is 10.3. The standard InChI is InChI=1S/C46H38N2/c1-2-48-41-26-16-15-25-37(41)38-29-36(27-28-42(38)48)47-30-39-40(31-47)44(33-19-9-4-10-20-33)46(35-23-13-6-14-24-35)45(34-21-11-5-12-22-34)43(39)32-17-7-3-8-18-32/h3-9,11-19,21-26,29-31H,2,10,20,27-28H2,1H3. The van der Waals surface area contributed by atoms with Gasteiger partial charge in [0.2, 0.25) is 0 Å². The first-order chi connectivity index (χ1) is 23.8. The normalized spacial score (nSPS) is 14.3. The van der Waals surface area contributed by atoms with Gasteiger partial charge >= 0.3 is 0 Å². The summed E-state index contributed by atoms with van der Waals surface area (Å²) < 4.78 is 4.96. The lowest BCUT2D eigenvalue weighted by Crippen LogP contribution is -2.07. The molecule has 2 heteroatoms. The van der Waals surface area contributed by atoms with Crippen LogP contribution in [0.1, 0.15) is 43.0 Å². The van der Waals surface area contributed by atoms with Crippen LogP contribution in [0, 0.1) is 0 Å². The van der Waals surface area contributed by atoms with Crippen molar-refractivity contribution in [3.05, 3.63) is 163 Å². The number of aryl methyl sites for hydroxylation is 1. The van der Waals surface area contributed by atoms with Crippen LogP contribution in [0.4, 0.5) is 0 Å². The zero-order valence-electron chi connectivity index (χ0n) is 27.4. The van der Waals surface area contributed by atoms with E-state index in [-0.39, 0.29) is 0 Å². The van der Waals surface area contributed by atoms with Gasteiger partial charge in [0.25, 0.3) is 0 Å². The summed E-state index contributed by atoms with van der Waals surface area (Å²) in [5, 5.41) is 3.97. The van der Waals surface area contributed by atoms with Gasteiger partial charge in [-0.25, -0.2) is 0 Å². The van der Waals surface area contributed by atoms with Crippen molar-refractivity contribution in [2.45, 2.75) is 39.2 Å². The molecule has 48 heavy (non-hydrogen) atoms. The quantitative estimate of drug-likeness (QED) is 0.175. The molecule has 2 aromatic heterocycles. The largest absolute Gasteiger partial charge is 0.344 e. The Bertz CT molecular complexity index is 2400. The Labute approximate surface area is 282 Å². The number of fused-ring (bicyclic) bond motifs is 4. The maximum Gasteiger partial charge on any atom is 0.0488 e. The molecule has 2 heterocycles. The average molecular weight is 619 g/mol. The molecule has 7 aromatic rings. The number of rotatable bonds is 6. The highest BCUT2D eigenvalue weighted by Gasteiger charge is 2.27. The summed E-state index contributed by atoms with van der Waals surface area (Å²) in [6, 6.07) is 42.0. The molecule has 5 aromatic carbocycles. The van der Waals surface area contributed by atoms with Crippen LogP contribution in [0.5, 0.6) is 0 Å². The first-order valence-corrected chi connectivity index (χ1v) is 17.3. The highest BCUT2D eigenvalue weighted by atomic mass is 15.0. The van der Waals surface area contributed by atoms with Gasteiger partial charge in [0, 0.05) is 57.6 Å². The second-order valence-corrected chi connectivity index (χ2v) is 13.0. The van der Waals surface area contributed by atoms with Gasteiger partial charge in [-0.2, -0.15) is 0 Å². The predicted octanol–water partition coefficient (Wildman–Crippen LogP) is 12.3. The van der Waals surface area contributed by atoms with E-state index in [1.165, 1.54) is 83.1 Å². The summed E-state index contributed by atoms with van der Waals surface area (Å²) in [5.74, 6) is 0. The molecule has 0 saturated heterocycles. The van der Waals surface area contributed by atoms with Crippen molar-refractivity contribution in [3.63, 3.8) is 0 Å². The lowest BCUT2D eigenvalue weighted by atomic mass is 9.79. The topological polar surface area (TPSA) is 9.86 Å². The van der Waals surface area contributed by atoms with E-state index in [4.69, 9.17) is 0 Å². The van der Waals surface area contributed by atoms with Gasteiger partial charge in [-0.1, -0.05) is 127 Å². The van der Waals surface area contributed by atoms with Gasteiger partial charge in [0.1, 0.15) is 0 Å². The van der Waals surface area contributed by atoms with E-state index in [1.54, 1.807) is 0 Å². The zero-order chi connectivity index (χ0) is 32.0. The van der Waals surface area contributed by atoms with Crippen molar-refractivity contribution in [2.75, 3.05) is 0 Å². The van der Waals surface area contributed by atoms with E-state index in [2.05, 4.69) is 168 Å². The first-order valence-electron chi connectivity index (χ1n) is 17.3. The van der Waals surface area contributed by atoms with Crippen molar-refractivity contribution in [1.29, 1.82) is 0 Å². The Morgan fingerprint density at radius 1 is 0.562 bits per heavy atom. The second-order valence-electron chi connectivity index (χ2n) is 13.0. The van der Waals surface area contributed by atoms with Crippen LogP contribution in [-0.4, -0.2) is 9.13 Å². The molecule has 0 atom stereocenters. The monoisotopic (exact) mass is 618 g/mol. The highest BCUT2D eigenvalue weighted by molar-refractivity contribution is 6.16.